The smallest absolute Gasteiger partial charge is 0.370 e. The lowest BCUT2D eigenvalue weighted by Crippen LogP contribution is -2.16. The van der Waals surface area contributed by atoms with Gasteiger partial charge in [-0.05, 0) is 40.4 Å². The third-order valence-electron chi connectivity index (χ3n) is 2.68. The third kappa shape index (κ3) is 6.61. The maximum Gasteiger partial charge on any atom is 0.451 e. The van der Waals surface area contributed by atoms with E-state index in [2.05, 4.69) is 25.5 Å². The van der Waals surface area contributed by atoms with Crippen molar-refractivity contribution in [3.8, 4) is 0 Å². The molecule has 1 rings (SSSR count). The lowest BCUT2D eigenvalue weighted by atomic mass is 10.3. The van der Waals surface area contributed by atoms with E-state index in [1.54, 1.807) is 6.92 Å². The van der Waals surface area contributed by atoms with E-state index < -0.39 is 12.0 Å². The molecule has 0 aliphatic heterocycles. The quantitative estimate of drug-likeness (QED) is 0.723. The fourth-order valence-corrected chi connectivity index (χ4v) is 1.71. The molecule has 1 aromatic heterocycles. The van der Waals surface area contributed by atoms with Crippen molar-refractivity contribution in [3.05, 3.63) is 11.9 Å². The van der Waals surface area contributed by atoms with Gasteiger partial charge in [0.05, 0.1) is 0 Å². The fourth-order valence-electron chi connectivity index (χ4n) is 1.71. The molecule has 0 saturated carbocycles. The molecule has 0 fully saturated rings. The van der Waals surface area contributed by atoms with Gasteiger partial charge >= 0.3 is 6.18 Å². The van der Waals surface area contributed by atoms with Crippen LogP contribution in [-0.2, 0) is 6.18 Å². The number of aromatic nitrogens is 2. The molecule has 120 valence electrons. The van der Waals surface area contributed by atoms with Gasteiger partial charge in [0.25, 0.3) is 0 Å². The Balaban J connectivity index is 2.65. The Morgan fingerprint density at radius 1 is 1.10 bits per heavy atom. The van der Waals surface area contributed by atoms with Crippen LogP contribution in [0.2, 0.25) is 0 Å². The molecule has 0 unspecified atom stereocenters. The van der Waals surface area contributed by atoms with E-state index in [9.17, 15) is 13.2 Å². The predicted molar refractivity (Wildman–Crippen MR) is 77.5 cm³/mol. The molecule has 5 nitrogen and oxygen atoms in total. The lowest BCUT2D eigenvalue weighted by molar-refractivity contribution is -0.144. The van der Waals surface area contributed by atoms with Gasteiger partial charge in [0, 0.05) is 19.2 Å². The van der Waals surface area contributed by atoms with E-state index in [1.807, 2.05) is 14.1 Å². The maximum atomic E-state index is 12.7. The summed E-state index contributed by atoms with van der Waals surface area (Å²) in [7, 11) is 3.96. The van der Waals surface area contributed by atoms with Crippen LogP contribution in [0.1, 0.15) is 25.6 Å². The van der Waals surface area contributed by atoms with Gasteiger partial charge in [-0.25, -0.2) is 9.97 Å². The van der Waals surface area contributed by atoms with Crippen molar-refractivity contribution in [2.45, 2.75) is 25.9 Å². The number of halogens is 3. The Hall–Kier alpha value is -1.57. The van der Waals surface area contributed by atoms with Gasteiger partial charge in [0.2, 0.25) is 5.82 Å². The van der Waals surface area contributed by atoms with Crippen LogP contribution >= 0.6 is 0 Å². The van der Waals surface area contributed by atoms with Crippen molar-refractivity contribution < 1.29 is 13.2 Å². The van der Waals surface area contributed by atoms with Gasteiger partial charge in [0.1, 0.15) is 11.6 Å². The predicted octanol–water partition coefficient (Wildman–Crippen LogP) is 2.68. The highest BCUT2D eigenvalue weighted by molar-refractivity contribution is 5.47. The summed E-state index contributed by atoms with van der Waals surface area (Å²) in [6, 6.07) is 1.49. The van der Waals surface area contributed by atoms with Crippen molar-refractivity contribution in [1.29, 1.82) is 0 Å². The number of hydrogen-bond donors (Lipinski definition) is 2. The molecule has 2 N–H and O–H groups in total. The summed E-state index contributed by atoms with van der Waals surface area (Å²) in [6.07, 6.45) is -2.72. The summed E-state index contributed by atoms with van der Waals surface area (Å²) in [4.78, 5) is 9.06. The van der Waals surface area contributed by atoms with Crippen LogP contribution < -0.4 is 10.6 Å². The number of unbranched alkanes of at least 4 members (excludes halogenated alkanes) is 1. The highest BCUT2D eigenvalue weighted by atomic mass is 19.4. The van der Waals surface area contributed by atoms with E-state index in [-0.39, 0.29) is 11.6 Å². The highest BCUT2D eigenvalue weighted by Crippen LogP contribution is 2.28. The Morgan fingerprint density at radius 3 is 2.24 bits per heavy atom. The second-order valence-electron chi connectivity index (χ2n) is 4.93. The zero-order valence-electron chi connectivity index (χ0n) is 12.6. The normalized spacial score (nSPS) is 11.8. The van der Waals surface area contributed by atoms with E-state index in [0.29, 0.717) is 13.1 Å². The molecule has 0 aliphatic rings. The first-order chi connectivity index (χ1) is 9.82. The Bertz CT molecular complexity index is 434. The number of anilines is 2. The van der Waals surface area contributed by atoms with Crippen molar-refractivity contribution in [1.82, 2.24) is 14.9 Å². The summed E-state index contributed by atoms with van der Waals surface area (Å²) >= 11 is 0. The Kier molecular flexibility index (Phi) is 6.67. The first kappa shape index (κ1) is 17.5. The summed E-state index contributed by atoms with van der Waals surface area (Å²) < 4.78 is 38.2. The second-order valence-corrected chi connectivity index (χ2v) is 4.93. The molecule has 1 aromatic rings. The van der Waals surface area contributed by atoms with Crippen molar-refractivity contribution in [3.63, 3.8) is 0 Å². The number of hydrogen-bond acceptors (Lipinski definition) is 5. The molecule has 0 bridgehead atoms. The molecular weight excluding hydrogens is 283 g/mol. The summed E-state index contributed by atoms with van der Waals surface area (Å²) in [5, 5.41) is 5.70. The number of nitrogens with one attached hydrogen (secondary N) is 2. The molecule has 21 heavy (non-hydrogen) atoms. The Morgan fingerprint density at radius 2 is 1.71 bits per heavy atom. The van der Waals surface area contributed by atoms with Crippen LogP contribution in [0.15, 0.2) is 6.07 Å². The summed E-state index contributed by atoms with van der Waals surface area (Å²) in [5.74, 6) is -0.759. The number of rotatable bonds is 8. The topological polar surface area (TPSA) is 53.1 Å². The van der Waals surface area contributed by atoms with E-state index >= 15 is 0 Å². The van der Waals surface area contributed by atoms with Crippen LogP contribution in [0.3, 0.4) is 0 Å². The fraction of sp³-hybridized carbons (Fsp3) is 0.692. The minimum Gasteiger partial charge on any atom is -0.370 e. The van der Waals surface area contributed by atoms with Crippen molar-refractivity contribution in [2.75, 3.05) is 44.4 Å². The highest BCUT2D eigenvalue weighted by Gasteiger charge is 2.35. The average Bonchev–Trinajstić information content (AvgIpc) is 2.37. The minimum absolute atomic E-state index is 0.176. The lowest BCUT2D eigenvalue weighted by Gasteiger charge is -2.13. The minimum atomic E-state index is -4.55. The van der Waals surface area contributed by atoms with Gasteiger partial charge in [0.15, 0.2) is 0 Å². The van der Waals surface area contributed by atoms with Gasteiger partial charge in [-0.2, -0.15) is 13.2 Å². The largest absolute Gasteiger partial charge is 0.451 e. The van der Waals surface area contributed by atoms with Gasteiger partial charge in [-0.15, -0.1) is 0 Å². The molecule has 0 aromatic carbocycles. The number of alkyl halides is 3. The average molecular weight is 305 g/mol. The van der Waals surface area contributed by atoms with E-state index in [1.165, 1.54) is 6.07 Å². The second kappa shape index (κ2) is 8.02. The van der Waals surface area contributed by atoms with E-state index in [4.69, 9.17) is 0 Å². The molecule has 0 radical (unpaired) electrons. The molecule has 1 heterocycles. The SMILES string of the molecule is CCNc1cc(NCCCCN(C)C)nc(C(F)(F)F)n1. The van der Waals surface area contributed by atoms with Crippen LogP contribution in [0, 0.1) is 0 Å². The van der Waals surface area contributed by atoms with Crippen molar-refractivity contribution in [2.24, 2.45) is 0 Å². The van der Waals surface area contributed by atoms with Gasteiger partial charge in [-0.3, -0.25) is 0 Å². The van der Waals surface area contributed by atoms with E-state index in [0.717, 1.165) is 19.4 Å². The molecule has 0 aliphatic carbocycles. The van der Waals surface area contributed by atoms with Crippen LogP contribution in [0.25, 0.3) is 0 Å². The van der Waals surface area contributed by atoms with Crippen LogP contribution in [0.4, 0.5) is 24.8 Å². The van der Waals surface area contributed by atoms with Crippen LogP contribution in [-0.4, -0.2) is 48.6 Å². The molecular formula is C13H22F3N5. The van der Waals surface area contributed by atoms with Crippen LogP contribution in [0.5, 0.6) is 0 Å². The summed E-state index contributed by atoms with van der Waals surface area (Å²) in [6.45, 7) is 3.82. The maximum absolute atomic E-state index is 12.7. The first-order valence-corrected chi connectivity index (χ1v) is 6.91. The summed E-state index contributed by atoms with van der Waals surface area (Å²) in [5.41, 5.74) is 0. The molecule has 0 atom stereocenters. The first-order valence-electron chi connectivity index (χ1n) is 6.91. The molecule has 0 amide bonds. The molecule has 0 spiro atoms. The zero-order valence-corrected chi connectivity index (χ0v) is 12.6. The number of nitrogens with zero attached hydrogens (tertiary/aromatic N) is 3. The Labute approximate surface area is 123 Å². The third-order valence-corrected chi connectivity index (χ3v) is 2.68. The zero-order chi connectivity index (χ0) is 15.9. The van der Waals surface area contributed by atoms with Crippen molar-refractivity contribution >= 4 is 11.6 Å². The standard InChI is InChI=1S/C13H22F3N5/c1-4-17-10-9-11(18-7-5-6-8-21(2)3)20-12(19-10)13(14,15)16/h9H,4-8H2,1-3H3,(H2,17,18,19,20). The van der Waals surface area contributed by atoms with Gasteiger partial charge < -0.3 is 15.5 Å². The molecule has 8 heteroatoms. The van der Waals surface area contributed by atoms with Gasteiger partial charge in [-0.1, -0.05) is 0 Å². The molecule has 0 saturated heterocycles. The monoisotopic (exact) mass is 305 g/mol.